The third kappa shape index (κ3) is 3.17. The standard InChI is InChI=1S/C21H22FN3O/c1-14-4-3-11-25(13-14)16-9-7-15(8-10-16)23-12-17-20-18(22)5-2-6-19(20)24-21(17)26/h2,5-10,12,14,23H,3-4,11,13H2,1H3,(H,24,26). The molecule has 4 nitrogen and oxygen atoms in total. The normalized spacial score (nSPS) is 20.8. The number of nitrogens with zero attached hydrogens (tertiary/aromatic N) is 1. The Morgan fingerprint density at radius 3 is 2.81 bits per heavy atom. The van der Waals surface area contributed by atoms with E-state index in [1.165, 1.54) is 24.6 Å². The van der Waals surface area contributed by atoms with Gasteiger partial charge in [-0.25, -0.2) is 4.39 Å². The molecular formula is C21H22FN3O. The molecule has 134 valence electrons. The summed E-state index contributed by atoms with van der Waals surface area (Å²) >= 11 is 0. The van der Waals surface area contributed by atoms with Crippen LogP contribution < -0.4 is 15.5 Å². The molecule has 1 saturated heterocycles. The lowest BCUT2D eigenvalue weighted by atomic mass is 10.00. The van der Waals surface area contributed by atoms with Gasteiger partial charge in [0.25, 0.3) is 5.91 Å². The highest BCUT2D eigenvalue weighted by Crippen LogP contribution is 2.33. The highest BCUT2D eigenvalue weighted by atomic mass is 19.1. The van der Waals surface area contributed by atoms with Gasteiger partial charge < -0.3 is 15.5 Å². The maximum Gasteiger partial charge on any atom is 0.257 e. The van der Waals surface area contributed by atoms with E-state index in [2.05, 4.69) is 34.6 Å². The molecule has 2 aromatic rings. The number of carbonyl (C=O) groups is 1. The molecule has 2 heterocycles. The number of halogens is 1. The average molecular weight is 351 g/mol. The summed E-state index contributed by atoms with van der Waals surface area (Å²) in [4.78, 5) is 14.5. The summed E-state index contributed by atoms with van der Waals surface area (Å²) in [5, 5.41) is 5.80. The van der Waals surface area contributed by atoms with Gasteiger partial charge in [-0.05, 0) is 55.2 Å². The van der Waals surface area contributed by atoms with Crippen molar-refractivity contribution in [2.24, 2.45) is 5.92 Å². The van der Waals surface area contributed by atoms with Gasteiger partial charge in [0.15, 0.2) is 0 Å². The van der Waals surface area contributed by atoms with Crippen molar-refractivity contribution in [2.45, 2.75) is 19.8 Å². The number of fused-ring (bicyclic) bond motifs is 1. The molecule has 0 spiro atoms. The first-order valence-electron chi connectivity index (χ1n) is 9.04. The number of amides is 1. The minimum Gasteiger partial charge on any atom is -0.371 e. The van der Waals surface area contributed by atoms with Gasteiger partial charge in [-0.15, -0.1) is 0 Å². The summed E-state index contributed by atoms with van der Waals surface area (Å²) in [6, 6.07) is 12.8. The van der Waals surface area contributed by atoms with Gasteiger partial charge in [-0.2, -0.15) is 0 Å². The zero-order valence-corrected chi connectivity index (χ0v) is 14.8. The Morgan fingerprint density at radius 2 is 2.04 bits per heavy atom. The molecule has 4 rings (SSSR count). The Bertz CT molecular complexity index is 860. The summed E-state index contributed by atoms with van der Waals surface area (Å²) in [5.74, 6) is 0.0297. The van der Waals surface area contributed by atoms with Crippen LogP contribution in [0.25, 0.3) is 5.57 Å². The third-order valence-electron chi connectivity index (χ3n) is 5.05. The molecule has 1 fully saturated rings. The summed E-state index contributed by atoms with van der Waals surface area (Å²) in [7, 11) is 0. The maximum atomic E-state index is 14.1. The molecule has 0 aliphatic carbocycles. The SMILES string of the molecule is CC1CCCN(c2ccc(NC=C3C(=O)Nc4cccc(F)c43)cc2)C1. The predicted molar refractivity (Wildman–Crippen MR) is 104 cm³/mol. The first-order chi connectivity index (χ1) is 12.6. The zero-order chi connectivity index (χ0) is 18.1. The molecule has 2 aliphatic rings. The van der Waals surface area contributed by atoms with Crippen LogP contribution in [-0.4, -0.2) is 19.0 Å². The molecule has 5 heteroatoms. The van der Waals surface area contributed by atoms with Crippen LogP contribution >= 0.6 is 0 Å². The third-order valence-corrected chi connectivity index (χ3v) is 5.05. The first kappa shape index (κ1) is 16.6. The van der Waals surface area contributed by atoms with E-state index in [0.717, 1.165) is 24.7 Å². The van der Waals surface area contributed by atoms with E-state index in [0.29, 0.717) is 16.8 Å². The van der Waals surface area contributed by atoms with Gasteiger partial charge in [0.2, 0.25) is 0 Å². The summed E-state index contributed by atoms with van der Waals surface area (Å²) < 4.78 is 14.1. The Balaban J connectivity index is 1.50. The van der Waals surface area contributed by atoms with Crippen LogP contribution in [0.3, 0.4) is 0 Å². The molecule has 0 radical (unpaired) electrons. The van der Waals surface area contributed by atoms with Gasteiger partial charge in [0.1, 0.15) is 5.82 Å². The predicted octanol–water partition coefficient (Wildman–Crippen LogP) is 4.47. The fourth-order valence-corrected chi connectivity index (χ4v) is 3.69. The van der Waals surface area contributed by atoms with E-state index in [1.807, 2.05) is 12.1 Å². The Labute approximate surface area is 152 Å². The van der Waals surface area contributed by atoms with Gasteiger partial charge in [0, 0.05) is 36.2 Å². The fourth-order valence-electron chi connectivity index (χ4n) is 3.69. The summed E-state index contributed by atoms with van der Waals surface area (Å²) in [5.41, 5.74) is 3.22. The number of hydrogen-bond donors (Lipinski definition) is 2. The number of benzene rings is 2. The van der Waals surface area contributed by atoms with Crippen molar-refractivity contribution in [2.75, 3.05) is 28.6 Å². The zero-order valence-electron chi connectivity index (χ0n) is 14.8. The number of anilines is 3. The molecular weight excluding hydrogens is 329 g/mol. The van der Waals surface area contributed by atoms with Crippen molar-refractivity contribution >= 4 is 28.5 Å². The molecule has 1 unspecified atom stereocenters. The van der Waals surface area contributed by atoms with E-state index in [9.17, 15) is 9.18 Å². The number of carbonyl (C=O) groups excluding carboxylic acids is 1. The highest BCUT2D eigenvalue weighted by Gasteiger charge is 2.27. The van der Waals surface area contributed by atoms with Crippen LogP contribution in [0.2, 0.25) is 0 Å². The molecule has 1 atom stereocenters. The summed E-state index contributed by atoms with van der Waals surface area (Å²) in [6.45, 7) is 4.47. The van der Waals surface area contributed by atoms with E-state index in [1.54, 1.807) is 18.3 Å². The van der Waals surface area contributed by atoms with Crippen LogP contribution in [0.15, 0.2) is 48.7 Å². The number of nitrogens with one attached hydrogen (secondary N) is 2. The highest BCUT2D eigenvalue weighted by molar-refractivity contribution is 6.31. The van der Waals surface area contributed by atoms with Crippen molar-refractivity contribution in [1.82, 2.24) is 0 Å². The van der Waals surface area contributed by atoms with Crippen LogP contribution in [0.4, 0.5) is 21.5 Å². The minimum absolute atomic E-state index is 0.295. The Hall–Kier alpha value is -2.82. The lowest BCUT2D eigenvalue weighted by molar-refractivity contribution is -0.110. The lowest BCUT2D eigenvalue weighted by Gasteiger charge is -2.32. The topological polar surface area (TPSA) is 44.4 Å². The monoisotopic (exact) mass is 351 g/mol. The second-order valence-electron chi connectivity index (χ2n) is 7.06. The first-order valence-corrected chi connectivity index (χ1v) is 9.04. The molecule has 2 aliphatic heterocycles. The Kier molecular flexibility index (Phi) is 4.37. The molecule has 2 N–H and O–H groups in total. The van der Waals surface area contributed by atoms with Gasteiger partial charge in [0.05, 0.1) is 11.3 Å². The van der Waals surface area contributed by atoms with Gasteiger partial charge in [-0.3, -0.25) is 4.79 Å². The van der Waals surface area contributed by atoms with E-state index in [4.69, 9.17) is 0 Å². The van der Waals surface area contributed by atoms with Crippen molar-refractivity contribution in [1.29, 1.82) is 0 Å². The van der Waals surface area contributed by atoms with E-state index < -0.39 is 5.82 Å². The van der Waals surface area contributed by atoms with Crippen LogP contribution in [0.5, 0.6) is 0 Å². The molecule has 0 saturated carbocycles. The van der Waals surface area contributed by atoms with Crippen LogP contribution in [-0.2, 0) is 4.79 Å². The maximum absolute atomic E-state index is 14.1. The molecule has 2 aromatic carbocycles. The number of piperidine rings is 1. The molecule has 0 bridgehead atoms. The van der Waals surface area contributed by atoms with E-state index in [-0.39, 0.29) is 5.91 Å². The van der Waals surface area contributed by atoms with E-state index >= 15 is 0 Å². The second-order valence-corrected chi connectivity index (χ2v) is 7.06. The van der Waals surface area contributed by atoms with Crippen LogP contribution in [0.1, 0.15) is 25.3 Å². The van der Waals surface area contributed by atoms with Crippen molar-refractivity contribution in [3.8, 4) is 0 Å². The van der Waals surface area contributed by atoms with Crippen molar-refractivity contribution in [3.63, 3.8) is 0 Å². The Morgan fingerprint density at radius 1 is 1.23 bits per heavy atom. The van der Waals surface area contributed by atoms with Gasteiger partial charge >= 0.3 is 0 Å². The molecule has 26 heavy (non-hydrogen) atoms. The van der Waals surface area contributed by atoms with Crippen molar-refractivity contribution < 1.29 is 9.18 Å². The molecule has 1 amide bonds. The van der Waals surface area contributed by atoms with Crippen LogP contribution in [0, 0.1) is 11.7 Å². The quantitative estimate of drug-likeness (QED) is 0.802. The minimum atomic E-state index is -0.400. The number of rotatable bonds is 3. The molecule has 0 aromatic heterocycles. The lowest BCUT2D eigenvalue weighted by Crippen LogP contribution is -2.34. The number of hydrogen-bond acceptors (Lipinski definition) is 3. The second kappa shape index (κ2) is 6.83. The van der Waals surface area contributed by atoms with Crippen molar-refractivity contribution in [3.05, 3.63) is 60.0 Å². The largest absolute Gasteiger partial charge is 0.371 e. The average Bonchev–Trinajstić information content (AvgIpc) is 2.97. The fraction of sp³-hybridized carbons (Fsp3) is 0.286. The summed E-state index contributed by atoms with van der Waals surface area (Å²) in [6.07, 6.45) is 4.10. The van der Waals surface area contributed by atoms with Gasteiger partial charge in [-0.1, -0.05) is 13.0 Å². The smallest absolute Gasteiger partial charge is 0.257 e.